The number of carbonyl (C=O) groups excluding carboxylic acids is 1. The Morgan fingerprint density at radius 2 is 1.82 bits per heavy atom. The number of sulfonamides is 1. The van der Waals surface area contributed by atoms with Crippen molar-refractivity contribution in [1.29, 1.82) is 0 Å². The zero-order valence-electron chi connectivity index (χ0n) is 24.0. The molecule has 1 saturated carbocycles. The van der Waals surface area contributed by atoms with E-state index in [2.05, 4.69) is 25.0 Å². The van der Waals surface area contributed by atoms with Gasteiger partial charge in [-0.3, -0.25) is 9.78 Å². The number of carboxylic acid groups (broad SMARTS) is 1. The van der Waals surface area contributed by atoms with Crippen molar-refractivity contribution in [3.63, 3.8) is 0 Å². The Morgan fingerprint density at radius 1 is 1.00 bits per heavy atom. The van der Waals surface area contributed by atoms with Gasteiger partial charge in [-0.2, -0.15) is 4.98 Å². The van der Waals surface area contributed by atoms with Crippen LogP contribution in [0.4, 0.5) is 11.4 Å². The van der Waals surface area contributed by atoms with Crippen molar-refractivity contribution in [2.24, 2.45) is 0 Å². The highest BCUT2D eigenvalue weighted by atomic mass is 32.2. The highest BCUT2D eigenvalue weighted by molar-refractivity contribution is 7.89. The SMILES string of the molecule is COc1ncc(-c2ccc3c(Nc4cc(C(=O)O)cc(C5=CC(=O)CCC5)c4)c(S(=O)(=O)NC4CC4)cnc3c2)c(OC)n1. The number of carbonyl (C=O) groups is 2. The first-order valence-electron chi connectivity index (χ1n) is 13.9. The molecule has 226 valence electrons. The zero-order valence-corrected chi connectivity index (χ0v) is 24.8. The maximum Gasteiger partial charge on any atom is 0.335 e. The Kier molecular flexibility index (Phi) is 7.74. The molecule has 3 N–H and O–H groups in total. The minimum atomic E-state index is -3.99. The van der Waals surface area contributed by atoms with Gasteiger partial charge in [-0.1, -0.05) is 12.1 Å². The molecule has 13 heteroatoms. The van der Waals surface area contributed by atoms with Gasteiger partial charge in [-0.05, 0) is 72.7 Å². The smallest absolute Gasteiger partial charge is 0.335 e. The van der Waals surface area contributed by atoms with Crippen LogP contribution in [0.3, 0.4) is 0 Å². The number of fused-ring (bicyclic) bond motifs is 1. The molecule has 0 aliphatic heterocycles. The summed E-state index contributed by atoms with van der Waals surface area (Å²) in [5.41, 5.74) is 3.60. The van der Waals surface area contributed by atoms with Gasteiger partial charge in [0, 0.05) is 35.9 Å². The number of ketones is 1. The van der Waals surface area contributed by atoms with Crippen molar-refractivity contribution in [2.75, 3.05) is 19.5 Å². The Hall–Kier alpha value is -4.88. The van der Waals surface area contributed by atoms with Gasteiger partial charge in [0.15, 0.2) is 5.78 Å². The number of hydrogen-bond donors (Lipinski definition) is 3. The number of anilines is 2. The number of methoxy groups -OCH3 is 2. The first-order valence-corrected chi connectivity index (χ1v) is 15.4. The number of ether oxygens (including phenoxy) is 2. The fraction of sp³-hybridized carbons (Fsp3) is 0.258. The summed E-state index contributed by atoms with van der Waals surface area (Å²) in [5.74, 6) is -0.882. The molecular weight excluding hydrogens is 586 g/mol. The van der Waals surface area contributed by atoms with Gasteiger partial charge >= 0.3 is 12.0 Å². The average Bonchev–Trinajstić information content (AvgIpc) is 3.83. The van der Waals surface area contributed by atoms with E-state index in [4.69, 9.17) is 9.47 Å². The number of carboxylic acids is 1. The summed E-state index contributed by atoms with van der Waals surface area (Å²) < 4.78 is 40.3. The lowest BCUT2D eigenvalue weighted by molar-refractivity contribution is -0.114. The Labute approximate surface area is 253 Å². The Morgan fingerprint density at radius 3 is 2.52 bits per heavy atom. The number of pyridine rings is 1. The summed E-state index contributed by atoms with van der Waals surface area (Å²) in [6, 6.07) is 9.93. The van der Waals surface area contributed by atoms with Crippen LogP contribution in [0.5, 0.6) is 11.9 Å². The van der Waals surface area contributed by atoms with E-state index < -0.39 is 16.0 Å². The highest BCUT2D eigenvalue weighted by Crippen LogP contribution is 2.38. The lowest BCUT2D eigenvalue weighted by Crippen LogP contribution is -2.26. The second-order valence-electron chi connectivity index (χ2n) is 10.6. The maximum absolute atomic E-state index is 13.5. The van der Waals surface area contributed by atoms with Crippen LogP contribution in [0.2, 0.25) is 0 Å². The minimum absolute atomic E-state index is 0.00307. The van der Waals surface area contributed by atoms with Crippen LogP contribution in [0.15, 0.2) is 59.8 Å². The number of hydrogen-bond acceptors (Lipinski definition) is 10. The van der Waals surface area contributed by atoms with E-state index in [0.717, 1.165) is 18.4 Å². The number of aromatic carboxylic acids is 1. The van der Waals surface area contributed by atoms with E-state index in [0.29, 0.717) is 52.5 Å². The van der Waals surface area contributed by atoms with Crippen LogP contribution in [-0.4, -0.2) is 60.5 Å². The predicted molar refractivity (Wildman–Crippen MR) is 163 cm³/mol. The molecule has 0 saturated heterocycles. The molecular formula is C31H29N5O7S. The molecule has 12 nitrogen and oxygen atoms in total. The molecule has 0 atom stereocenters. The van der Waals surface area contributed by atoms with Gasteiger partial charge < -0.3 is 19.9 Å². The van der Waals surface area contributed by atoms with Gasteiger partial charge in [-0.25, -0.2) is 22.9 Å². The highest BCUT2D eigenvalue weighted by Gasteiger charge is 2.31. The summed E-state index contributed by atoms with van der Waals surface area (Å²) in [6.07, 6.45) is 7.62. The molecule has 2 heterocycles. The molecule has 2 aliphatic carbocycles. The van der Waals surface area contributed by atoms with Crippen LogP contribution in [0.25, 0.3) is 27.6 Å². The summed E-state index contributed by atoms with van der Waals surface area (Å²) >= 11 is 0. The molecule has 0 spiro atoms. The number of nitrogens with one attached hydrogen (secondary N) is 2. The van der Waals surface area contributed by atoms with Gasteiger partial charge in [-0.15, -0.1) is 0 Å². The van der Waals surface area contributed by atoms with Crippen LogP contribution in [-0.2, 0) is 14.8 Å². The van der Waals surface area contributed by atoms with Gasteiger partial charge in [0.05, 0.1) is 36.6 Å². The average molecular weight is 616 g/mol. The van der Waals surface area contributed by atoms with Crippen LogP contribution in [0.1, 0.15) is 48.0 Å². The third kappa shape index (κ3) is 5.96. The third-order valence-electron chi connectivity index (χ3n) is 7.47. The summed E-state index contributed by atoms with van der Waals surface area (Å²) in [6.45, 7) is 0. The fourth-order valence-electron chi connectivity index (χ4n) is 5.13. The molecule has 6 rings (SSSR count). The predicted octanol–water partition coefficient (Wildman–Crippen LogP) is 4.73. The van der Waals surface area contributed by atoms with Crippen molar-refractivity contribution >= 4 is 49.6 Å². The molecule has 2 aliphatic rings. The van der Waals surface area contributed by atoms with Gasteiger partial charge in [0.1, 0.15) is 4.90 Å². The molecule has 2 aromatic carbocycles. The molecule has 4 aromatic rings. The lowest BCUT2D eigenvalue weighted by atomic mass is 9.91. The number of benzene rings is 2. The largest absolute Gasteiger partial charge is 0.480 e. The van der Waals surface area contributed by atoms with E-state index in [-0.39, 0.29) is 39.9 Å². The van der Waals surface area contributed by atoms with Gasteiger partial charge in [0.25, 0.3) is 0 Å². The molecule has 0 bridgehead atoms. The molecule has 1 fully saturated rings. The normalized spacial score (nSPS) is 15.1. The standard InChI is InChI=1S/C31H29N5O7S/c1-42-29-25(15-33-31(35-29)43-2)18-6-9-24-26(14-18)32-16-27(44(40,41)36-21-7-8-21)28(24)34-22-11-19(10-20(12-22)30(38)39)17-4-3-5-23(37)13-17/h6,9-16,21,36H,3-5,7-8H2,1-2H3,(H,32,34)(H,38,39). The van der Waals surface area contributed by atoms with E-state index >= 15 is 0 Å². The van der Waals surface area contributed by atoms with Crippen molar-refractivity contribution in [1.82, 2.24) is 19.7 Å². The molecule has 0 amide bonds. The molecule has 2 aromatic heterocycles. The van der Waals surface area contributed by atoms with Crippen molar-refractivity contribution in [3.05, 3.63) is 66.0 Å². The topological polar surface area (TPSA) is 170 Å². The van der Waals surface area contributed by atoms with Crippen LogP contribution >= 0.6 is 0 Å². The van der Waals surface area contributed by atoms with Crippen LogP contribution < -0.4 is 19.5 Å². The lowest BCUT2D eigenvalue weighted by Gasteiger charge is -2.18. The molecule has 0 radical (unpaired) electrons. The first kappa shape index (κ1) is 29.2. The first-order chi connectivity index (χ1) is 21.1. The third-order valence-corrected chi connectivity index (χ3v) is 9.00. The van der Waals surface area contributed by atoms with E-state index in [1.807, 2.05) is 0 Å². The zero-order chi connectivity index (χ0) is 31.0. The van der Waals surface area contributed by atoms with Crippen molar-refractivity contribution in [2.45, 2.75) is 43.0 Å². The number of nitrogens with zero attached hydrogens (tertiary/aromatic N) is 3. The maximum atomic E-state index is 13.5. The monoisotopic (exact) mass is 615 g/mol. The fourth-order valence-corrected chi connectivity index (χ4v) is 6.56. The molecule has 0 unspecified atom stereocenters. The van der Waals surface area contributed by atoms with E-state index in [1.165, 1.54) is 32.5 Å². The van der Waals surface area contributed by atoms with E-state index in [9.17, 15) is 23.1 Å². The second-order valence-corrected chi connectivity index (χ2v) is 12.3. The summed E-state index contributed by atoms with van der Waals surface area (Å²) in [5, 5.41) is 13.5. The summed E-state index contributed by atoms with van der Waals surface area (Å²) in [4.78, 5) is 37.0. The summed E-state index contributed by atoms with van der Waals surface area (Å²) in [7, 11) is -1.05. The second kappa shape index (κ2) is 11.7. The number of rotatable bonds is 10. The van der Waals surface area contributed by atoms with Crippen molar-refractivity contribution < 1.29 is 32.6 Å². The minimum Gasteiger partial charge on any atom is -0.480 e. The van der Waals surface area contributed by atoms with Crippen molar-refractivity contribution in [3.8, 4) is 23.0 Å². The van der Waals surface area contributed by atoms with Crippen LogP contribution in [0, 0.1) is 0 Å². The quantitative estimate of drug-likeness (QED) is 0.225. The number of aromatic nitrogens is 3. The van der Waals surface area contributed by atoms with Gasteiger partial charge in [0.2, 0.25) is 15.9 Å². The number of allylic oxidation sites excluding steroid dienone is 2. The Bertz CT molecular complexity index is 1950. The Balaban J connectivity index is 1.50. The molecule has 44 heavy (non-hydrogen) atoms. The van der Waals surface area contributed by atoms with E-state index in [1.54, 1.807) is 36.5 Å².